The van der Waals surface area contributed by atoms with Gasteiger partial charge in [-0.25, -0.2) is 13.1 Å². The van der Waals surface area contributed by atoms with Crippen LogP contribution in [0.25, 0.3) is 0 Å². The van der Waals surface area contributed by atoms with Gasteiger partial charge in [-0.1, -0.05) is 12.1 Å². The zero-order valence-corrected chi connectivity index (χ0v) is 16.0. The molecule has 1 saturated heterocycles. The van der Waals surface area contributed by atoms with Crippen molar-refractivity contribution in [3.05, 3.63) is 35.4 Å². The summed E-state index contributed by atoms with van der Waals surface area (Å²) in [5, 5.41) is 0. The maximum absolute atomic E-state index is 12.4. The normalized spacial score (nSPS) is 18.6. The quantitative estimate of drug-likeness (QED) is 0.713. The third-order valence-corrected chi connectivity index (χ3v) is 6.29. The molecule has 8 nitrogen and oxygen atoms in total. The van der Waals surface area contributed by atoms with Gasteiger partial charge in [-0.15, -0.1) is 0 Å². The second kappa shape index (κ2) is 7.77. The molecule has 146 valence electrons. The minimum Gasteiger partial charge on any atom is -0.341 e. The van der Waals surface area contributed by atoms with Gasteiger partial charge in [-0.2, -0.15) is 0 Å². The van der Waals surface area contributed by atoms with Crippen LogP contribution in [-0.4, -0.2) is 67.4 Å². The van der Waals surface area contributed by atoms with Crippen molar-refractivity contribution in [1.29, 1.82) is 0 Å². The Hall–Kier alpha value is -2.26. The monoisotopic (exact) mass is 393 g/mol. The molecule has 2 aliphatic heterocycles. The molecule has 9 heteroatoms. The number of sulfonamides is 1. The summed E-state index contributed by atoms with van der Waals surface area (Å²) in [6, 6.07) is 5.51. The van der Waals surface area contributed by atoms with E-state index in [2.05, 4.69) is 4.72 Å². The van der Waals surface area contributed by atoms with Crippen LogP contribution in [0.1, 0.15) is 46.9 Å². The number of imide groups is 1. The van der Waals surface area contributed by atoms with E-state index < -0.39 is 33.6 Å². The number of fused-ring (bicyclic) bond motifs is 1. The van der Waals surface area contributed by atoms with Gasteiger partial charge < -0.3 is 4.90 Å². The zero-order chi connectivity index (χ0) is 19.6. The molecule has 2 heterocycles. The van der Waals surface area contributed by atoms with Gasteiger partial charge in [0, 0.05) is 19.6 Å². The highest BCUT2D eigenvalue weighted by Gasteiger charge is 2.36. The van der Waals surface area contributed by atoms with Gasteiger partial charge in [-0.3, -0.25) is 19.3 Å². The Labute approximate surface area is 158 Å². The first-order valence-electron chi connectivity index (χ1n) is 9.04. The molecule has 1 fully saturated rings. The summed E-state index contributed by atoms with van der Waals surface area (Å²) < 4.78 is 27.0. The lowest BCUT2D eigenvalue weighted by Gasteiger charge is -2.29. The summed E-state index contributed by atoms with van der Waals surface area (Å²) in [6.07, 6.45) is 2.92. The number of likely N-dealkylation sites (tertiary alicyclic amines) is 1. The smallest absolute Gasteiger partial charge is 0.261 e. The van der Waals surface area contributed by atoms with Crippen LogP contribution in [0.15, 0.2) is 24.3 Å². The molecule has 3 rings (SSSR count). The molecule has 0 bridgehead atoms. The molecule has 2 aliphatic rings. The van der Waals surface area contributed by atoms with E-state index >= 15 is 0 Å². The lowest BCUT2D eigenvalue weighted by atomic mass is 10.1. The number of nitrogens with one attached hydrogen (secondary N) is 1. The van der Waals surface area contributed by atoms with E-state index in [1.165, 1.54) is 6.92 Å². The van der Waals surface area contributed by atoms with Gasteiger partial charge >= 0.3 is 0 Å². The zero-order valence-electron chi connectivity index (χ0n) is 15.2. The van der Waals surface area contributed by atoms with Gasteiger partial charge in [0.15, 0.2) is 0 Å². The van der Waals surface area contributed by atoms with Gasteiger partial charge in [0.1, 0.15) is 0 Å². The molecular formula is C18H23N3O5S. The predicted molar refractivity (Wildman–Crippen MR) is 98.6 cm³/mol. The van der Waals surface area contributed by atoms with Crippen LogP contribution in [0.3, 0.4) is 0 Å². The van der Waals surface area contributed by atoms with Gasteiger partial charge in [0.05, 0.1) is 22.9 Å². The standard InChI is InChI=1S/C18H23N3O5S/c1-13(16(22)20-9-5-2-6-10-20)19-27(25,26)12-11-21-17(23)14-7-3-4-8-15(14)18(21)24/h3-4,7-8,13,19H,2,5-6,9-12H2,1H3/t13-/m1/s1. The highest BCUT2D eigenvalue weighted by atomic mass is 32.2. The summed E-state index contributed by atoms with van der Waals surface area (Å²) in [5.74, 6) is -1.69. The van der Waals surface area contributed by atoms with Crippen molar-refractivity contribution in [3.63, 3.8) is 0 Å². The van der Waals surface area contributed by atoms with Crippen LogP contribution >= 0.6 is 0 Å². The fraction of sp³-hybridized carbons (Fsp3) is 0.500. The molecule has 1 aromatic rings. The average molecular weight is 393 g/mol. The van der Waals surface area contributed by atoms with Crippen molar-refractivity contribution in [2.45, 2.75) is 32.2 Å². The van der Waals surface area contributed by atoms with Crippen molar-refractivity contribution >= 4 is 27.7 Å². The number of hydrogen-bond donors (Lipinski definition) is 1. The van der Waals surface area contributed by atoms with Crippen LogP contribution in [0, 0.1) is 0 Å². The van der Waals surface area contributed by atoms with Crippen molar-refractivity contribution in [1.82, 2.24) is 14.5 Å². The van der Waals surface area contributed by atoms with Crippen LogP contribution in [0.5, 0.6) is 0 Å². The van der Waals surface area contributed by atoms with E-state index in [4.69, 9.17) is 0 Å². The molecule has 0 spiro atoms. The Balaban J connectivity index is 1.58. The molecule has 0 aromatic heterocycles. The van der Waals surface area contributed by atoms with Crippen molar-refractivity contribution in [2.24, 2.45) is 0 Å². The second-order valence-electron chi connectivity index (χ2n) is 6.85. The number of benzene rings is 1. The van der Waals surface area contributed by atoms with Crippen molar-refractivity contribution in [2.75, 3.05) is 25.4 Å². The number of carbonyl (C=O) groups excluding carboxylic acids is 3. The second-order valence-corrected chi connectivity index (χ2v) is 8.73. The molecule has 3 amide bonds. The summed E-state index contributed by atoms with van der Waals surface area (Å²) in [6.45, 7) is 2.53. The highest BCUT2D eigenvalue weighted by molar-refractivity contribution is 7.89. The summed E-state index contributed by atoms with van der Waals surface area (Å²) >= 11 is 0. The first kappa shape index (κ1) is 19.5. The highest BCUT2D eigenvalue weighted by Crippen LogP contribution is 2.22. The lowest BCUT2D eigenvalue weighted by Crippen LogP contribution is -2.49. The molecular weight excluding hydrogens is 370 g/mol. The van der Waals surface area contributed by atoms with Crippen molar-refractivity contribution in [3.8, 4) is 0 Å². The lowest BCUT2D eigenvalue weighted by molar-refractivity contribution is -0.133. The molecule has 0 aliphatic carbocycles. The molecule has 1 N–H and O–H groups in total. The minimum atomic E-state index is -3.83. The number of nitrogens with zero attached hydrogens (tertiary/aromatic N) is 2. The average Bonchev–Trinajstić information content (AvgIpc) is 2.90. The minimum absolute atomic E-state index is 0.251. The van der Waals surface area contributed by atoms with Crippen LogP contribution in [0.2, 0.25) is 0 Å². The number of piperidine rings is 1. The summed E-state index contributed by atoms with van der Waals surface area (Å²) in [7, 11) is -3.83. The number of amides is 3. The Bertz CT molecular complexity index is 827. The summed E-state index contributed by atoms with van der Waals surface area (Å²) in [4.78, 5) is 39.5. The van der Waals surface area contributed by atoms with Crippen LogP contribution in [0.4, 0.5) is 0 Å². The third kappa shape index (κ3) is 4.19. The molecule has 1 atom stereocenters. The third-order valence-electron chi connectivity index (χ3n) is 4.86. The number of carbonyl (C=O) groups is 3. The number of rotatable bonds is 6. The fourth-order valence-electron chi connectivity index (χ4n) is 3.42. The Morgan fingerprint density at radius 1 is 1.07 bits per heavy atom. The van der Waals surface area contributed by atoms with E-state index in [-0.39, 0.29) is 23.6 Å². The van der Waals surface area contributed by atoms with Gasteiger partial charge in [-0.05, 0) is 38.3 Å². The van der Waals surface area contributed by atoms with Crippen LogP contribution < -0.4 is 4.72 Å². The number of hydrogen-bond acceptors (Lipinski definition) is 5. The molecule has 1 aromatic carbocycles. The van der Waals surface area contributed by atoms with Gasteiger partial charge in [0.25, 0.3) is 11.8 Å². The Kier molecular flexibility index (Phi) is 5.61. The maximum Gasteiger partial charge on any atom is 0.261 e. The SMILES string of the molecule is C[C@@H](NS(=O)(=O)CCN1C(=O)c2ccccc2C1=O)C(=O)N1CCCCC1. The van der Waals surface area contributed by atoms with E-state index in [9.17, 15) is 22.8 Å². The van der Waals surface area contributed by atoms with E-state index in [0.29, 0.717) is 13.1 Å². The van der Waals surface area contributed by atoms with E-state index in [1.54, 1.807) is 29.2 Å². The van der Waals surface area contributed by atoms with E-state index in [1.807, 2.05) is 0 Å². The maximum atomic E-state index is 12.4. The largest absolute Gasteiger partial charge is 0.341 e. The fourth-order valence-corrected chi connectivity index (χ4v) is 4.60. The van der Waals surface area contributed by atoms with Gasteiger partial charge in [0.2, 0.25) is 15.9 Å². The van der Waals surface area contributed by atoms with Crippen LogP contribution in [-0.2, 0) is 14.8 Å². The molecule has 27 heavy (non-hydrogen) atoms. The molecule has 0 saturated carbocycles. The Morgan fingerprint density at radius 3 is 2.19 bits per heavy atom. The van der Waals surface area contributed by atoms with E-state index in [0.717, 1.165) is 24.2 Å². The predicted octanol–water partition coefficient (Wildman–Crippen LogP) is 0.603. The first-order valence-corrected chi connectivity index (χ1v) is 10.7. The topological polar surface area (TPSA) is 104 Å². The van der Waals surface area contributed by atoms with Crippen molar-refractivity contribution < 1.29 is 22.8 Å². The summed E-state index contributed by atoms with van der Waals surface area (Å²) in [5.41, 5.74) is 0.558. The molecule has 0 radical (unpaired) electrons. The molecule has 0 unspecified atom stereocenters. The first-order chi connectivity index (χ1) is 12.8. The Morgan fingerprint density at radius 2 is 1.63 bits per heavy atom.